The Morgan fingerprint density at radius 1 is 1.39 bits per heavy atom. The van der Waals surface area contributed by atoms with Gasteiger partial charge in [-0.3, -0.25) is 0 Å². The van der Waals surface area contributed by atoms with Gasteiger partial charge in [0.2, 0.25) is 0 Å². The number of fused-ring (bicyclic) bond motifs is 1. The van der Waals surface area contributed by atoms with Gasteiger partial charge in [-0.1, -0.05) is 23.4 Å². The lowest BCUT2D eigenvalue weighted by Crippen LogP contribution is -2.15. The molecular formula is C12H11BrN4S. The van der Waals surface area contributed by atoms with Gasteiger partial charge in [0.25, 0.3) is 0 Å². The van der Waals surface area contributed by atoms with E-state index < -0.39 is 0 Å². The average molecular weight is 323 g/mol. The van der Waals surface area contributed by atoms with Gasteiger partial charge in [-0.05, 0) is 33.4 Å². The summed E-state index contributed by atoms with van der Waals surface area (Å²) in [7, 11) is 1.85. The van der Waals surface area contributed by atoms with Crippen LogP contribution in [-0.2, 0) is 7.05 Å². The van der Waals surface area contributed by atoms with Crippen molar-refractivity contribution in [3.8, 4) is 0 Å². The van der Waals surface area contributed by atoms with Crippen molar-refractivity contribution in [2.45, 2.75) is 6.04 Å². The van der Waals surface area contributed by atoms with Crippen LogP contribution in [0.5, 0.6) is 0 Å². The van der Waals surface area contributed by atoms with Crippen molar-refractivity contribution in [3.05, 3.63) is 45.5 Å². The maximum absolute atomic E-state index is 6.31. The smallest absolute Gasteiger partial charge is 0.153 e. The van der Waals surface area contributed by atoms with Crippen LogP contribution in [0, 0.1) is 0 Å². The highest BCUT2D eigenvalue weighted by Gasteiger charge is 2.19. The van der Waals surface area contributed by atoms with E-state index in [0.29, 0.717) is 4.60 Å². The topological polar surface area (TPSA) is 56.7 Å². The second-order valence-electron chi connectivity index (χ2n) is 4.05. The van der Waals surface area contributed by atoms with Crippen molar-refractivity contribution < 1.29 is 0 Å². The first kappa shape index (κ1) is 11.8. The zero-order chi connectivity index (χ0) is 12.7. The van der Waals surface area contributed by atoms with Gasteiger partial charge < -0.3 is 5.73 Å². The van der Waals surface area contributed by atoms with E-state index in [-0.39, 0.29) is 6.04 Å². The Labute approximate surface area is 117 Å². The maximum atomic E-state index is 6.31. The van der Waals surface area contributed by atoms with E-state index >= 15 is 0 Å². The molecule has 0 aliphatic rings. The zero-order valence-corrected chi connectivity index (χ0v) is 12.1. The largest absolute Gasteiger partial charge is 0.318 e. The fourth-order valence-corrected chi connectivity index (χ4v) is 3.60. The highest BCUT2D eigenvalue weighted by atomic mass is 79.9. The lowest BCUT2D eigenvalue weighted by Gasteiger charge is -2.09. The minimum absolute atomic E-state index is 0.211. The van der Waals surface area contributed by atoms with E-state index in [1.807, 2.05) is 19.2 Å². The van der Waals surface area contributed by atoms with Gasteiger partial charge in [0.1, 0.15) is 0 Å². The SMILES string of the molecule is Cn1nnc(Br)c1C(N)c1cc2ccccc2s1. The number of hydrogen-bond donors (Lipinski definition) is 1. The van der Waals surface area contributed by atoms with E-state index in [2.05, 4.69) is 44.4 Å². The van der Waals surface area contributed by atoms with Crippen molar-refractivity contribution in [2.24, 2.45) is 12.8 Å². The standard InChI is InChI=1S/C12H11BrN4S/c1-17-11(12(13)15-16-17)10(14)9-6-7-4-2-3-5-8(7)18-9/h2-6,10H,14H2,1H3. The number of nitrogens with zero attached hydrogens (tertiary/aromatic N) is 3. The summed E-state index contributed by atoms with van der Waals surface area (Å²) in [6.45, 7) is 0. The number of hydrogen-bond acceptors (Lipinski definition) is 4. The van der Waals surface area contributed by atoms with Gasteiger partial charge in [0.05, 0.1) is 11.7 Å². The Morgan fingerprint density at radius 3 is 2.83 bits per heavy atom. The Balaban J connectivity index is 2.09. The Kier molecular flexibility index (Phi) is 2.93. The van der Waals surface area contributed by atoms with Crippen LogP contribution in [0.3, 0.4) is 0 Å². The molecule has 3 rings (SSSR count). The molecule has 0 bridgehead atoms. The Hall–Kier alpha value is -1.24. The number of aromatic nitrogens is 3. The molecule has 0 saturated carbocycles. The van der Waals surface area contributed by atoms with E-state index in [9.17, 15) is 0 Å². The van der Waals surface area contributed by atoms with Crippen molar-refractivity contribution in [3.63, 3.8) is 0 Å². The molecule has 6 heteroatoms. The first-order chi connectivity index (χ1) is 8.66. The highest BCUT2D eigenvalue weighted by molar-refractivity contribution is 9.10. The predicted molar refractivity (Wildman–Crippen MR) is 76.6 cm³/mol. The summed E-state index contributed by atoms with van der Waals surface area (Å²) >= 11 is 5.10. The van der Waals surface area contributed by atoms with Crippen LogP contribution in [0.15, 0.2) is 34.9 Å². The minimum Gasteiger partial charge on any atom is -0.318 e. The number of halogens is 1. The molecule has 2 heterocycles. The molecular weight excluding hydrogens is 312 g/mol. The maximum Gasteiger partial charge on any atom is 0.153 e. The summed E-state index contributed by atoms with van der Waals surface area (Å²) in [6, 6.07) is 10.2. The molecule has 0 aliphatic carbocycles. The normalized spacial score (nSPS) is 13.1. The third-order valence-corrected chi connectivity index (χ3v) is 4.64. The molecule has 0 spiro atoms. The number of thiophene rings is 1. The first-order valence-corrected chi connectivity index (χ1v) is 7.07. The monoisotopic (exact) mass is 322 g/mol. The van der Waals surface area contributed by atoms with Crippen LogP contribution >= 0.6 is 27.3 Å². The van der Waals surface area contributed by atoms with Crippen molar-refractivity contribution in [1.29, 1.82) is 0 Å². The molecule has 1 aromatic carbocycles. The number of aryl methyl sites for hydroxylation is 1. The molecule has 2 N–H and O–H groups in total. The van der Waals surface area contributed by atoms with Crippen LogP contribution in [0.2, 0.25) is 0 Å². The first-order valence-electron chi connectivity index (χ1n) is 5.46. The Morgan fingerprint density at radius 2 is 2.17 bits per heavy atom. The number of nitrogens with two attached hydrogens (primary N) is 1. The molecule has 1 unspecified atom stereocenters. The third kappa shape index (κ3) is 1.86. The lowest BCUT2D eigenvalue weighted by atomic mass is 10.1. The average Bonchev–Trinajstić information content (AvgIpc) is 2.92. The van der Waals surface area contributed by atoms with Gasteiger partial charge in [0.15, 0.2) is 4.60 Å². The quantitative estimate of drug-likeness (QED) is 0.789. The second kappa shape index (κ2) is 4.46. The highest BCUT2D eigenvalue weighted by Crippen LogP contribution is 2.33. The zero-order valence-electron chi connectivity index (χ0n) is 9.67. The van der Waals surface area contributed by atoms with E-state index in [1.165, 1.54) is 10.1 Å². The van der Waals surface area contributed by atoms with Crippen LogP contribution in [0.1, 0.15) is 16.6 Å². The van der Waals surface area contributed by atoms with Crippen LogP contribution in [-0.4, -0.2) is 15.0 Å². The molecule has 18 heavy (non-hydrogen) atoms. The lowest BCUT2D eigenvalue weighted by molar-refractivity contribution is 0.654. The van der Waals surface area contributed by atoms with Gasteiger partial charge in [0, 0.05) is 16.6 Å². The second-order valence-corrected chi connectivity index (χ2v) is 5.92. The Bertz CT molecular complexity index is 650. The van der Waals surface area contributed by atoms with E-state index in [1.54, 1.807) is 16.0 Å². The molecule has 0 saturated heterocycles. The fourth-order valence-electron chi connectivity index (χ4n) is 1.96. The van der Waals surface area contributed by atoms with Gasteiger partial charge in [-0.25, -0.2) is 4.68 Å². The van der Waals surface area contributed by atoms with E-state index in [0.717, 1.165) is 10.6 Å². The summed E-state index contributed by atoms with van der Waals surface area (Å²) in [5, 5.41) is 9.15. The molecule has 92 valence electrons. The molecule has 1 atom stereocenters. The van der Waals surface area contributed by atoms with Gasteiger partial charge in [-0.2, -0.15) is 0 Å². The molecule has 0 amide bonds. The molecule has 0 radical (unpaired) electrons. The summed E-state index contributed by atoms with van der Waals surface area (Å²) < 4.78 is 3.66. The fraction of sp³-hybridized carbons (Fsp3) is 0.167. The minimum atomic E-state index is -0.211. The summed E-state index contributed by atoms with van der Waals surface area (Å²) in [4.78, 5) is 1.11. The van der Waals surface area contributed by atoms with E-state index in [4.69, 9.17) is 5.73 Å². The van der Waals surface area contributed by atoms with Gasteiger partial charge >= 0.3 is 0 Å². The van der Waals surface area contributed by atoms with Crippen molar-refractivity contribution in [2.75, 3.05) is 0 Å². The van der Waals surface area contributed by atoms with Crippen LogP contribution < -0.4 is 5.73 Å². The third-order valence-electron chi connectivity index (χ3n) is 2.87. The van der Waals surface area contributed by atoms with Crippen molar-refractivity contribution >= 4 is 37.4 Å². The molecule has 0 fully saturated rings. The molecule has 2 aromatic heterocycles. The molecule has 3 aromatic rings. The summed E-state index contributed by atoms with van der Waals surface area (Å²) in [6.07, 6.45) is 0. The van der Waals surface area contributed by atoms with Crippen LogP contribution in [0.25, 0.3) is 10.1 Å². The van der Waals surface area contributed by atoms with Crippen molar-refractivity contribution in [1.82, 2.24) is 15.0 Å². The molecule has 4 nitrogen and oxygen atoms in total. The molecule has 0 aliphatic heterocycles. The van der Waals surface area contributed by atoms with Gasteiger partial charge in [-0.15, -0.1) is 16.4 Å². The number of benzene rings is 1. The summed E-state index contributed by atoms with van der Waals surface area (Å²) in [5.74, 6) is 0. The summed E-state index contributed by atoms with van der Waals surface area (Å²) in [5.41, 5.74) is 7.20. The van der Waals surface area contributed by atoms with Crippen LogP contribution in [0.4, 0.5) is 0 Å². The number of rotatable bonds is 2. The predicted octanol–water partition coefficient (Wildman–Crippen LogP) is 2.84.